The molecule has 2 unspecified atom stereocenters. The molecule has 3 N–H and O–H groups in total. The van der Waals surface area contributed by atoms with Gasteiger partial charge < -0.3 is 10.4 Å². The topological polar surface area (TPSA) is 126 Å². The number of hydrogen-bond acceptors (Lipinski definition) is 5. The Balaban J connectivity index is 1.31. The van der Waals surface area contributed by atoms with E-state index in [4.69, 9.17) is 0 Å². The molecule has 15 heteroatoms. The molecule has 2 aliphatic rings. The van der Waals surface area contributed by atoms with Crippen LogP contribution in [-0.4, -0.2) is 41.9 Å². The van der Waals surface area contributed by atoms with Gasteiger partial charge in [-0.25, -0.2) is 27.3 Å². The van der Waals surface area contributed by atoms with Gasteiger partial charge in [-0.15, -0.1) is 0 Å². The van der Waals surface area contributed by atoms with Gasteiger partial charge in [-0.05, 0) is 60.2 Å². The van der Waals surface area contributed by atoms with E-state index in [1.54, 1.807) is 12.1 Å². The highest BCUT2D eigenvalue weighted by molar-refractivity contribution is 5.90. The number of aromatic amines is 1. The lowest BCUT2D eigenvalue weighted by Gasteiger charge is -2.23. The summed E-state index contributed by atoms with van der Waals surface area (Å²) in [5.74, 6) is -9.23. The first-order chi connectivity index (χ1) is 21.9. The van der Waals surface area contributed by atoms with Crippen molar-refractivity contribution < 1.29 is 41.0 Å². The van der Waals surface area contributed by atoms with Crippen LogP contribution in [0.25, 0.3) is 22.2 Å². The van der Waals surface area contributed by atoms with Crippen LogP contribution in [0.4, 0.5) is 26.3 Å². The third-order valence-electron chi connectivity index (χ3n) is 8.36. The molecule has 1 saturated carbocycles. The smallest absolute Gasteiger partial charge is 0.335 e. The summed E-state index contributed by atoms with van der Waals surface area (Å²) >= 11 is 0. The number of amides is 1. The fourth-order valence-electron chi connectivity index (χ4n) is 6.34. The Hall–Kier alpha value is -5.21. The SMILES string of the molecule is O=C(Cn1nc(C(F)F)c2c1C(F)(F)C1CC21)N[C@@H](Cc1cc(F)cc(F)c1)c1nc2cn[nH]c2cc1-c1cccc(C(=O)O)c1. The molecule has 0 spiro atoms. The molecule has 3 atom stereocenters. The lowest BCUT2D eigenvalue weighted by molar-refractivity contribution is -0.123. The van der Waals surface area contributed by atoms with Crippen molar-refractivity contribution in [3.05, 3.63) is 100 Å². The number of hydrogen-bond donors (Lipinski definition) is 3. The Kier molecular flexibility index (Phi) is 6.86. The molecule has 7 rings (SSSR count). The van der Waals surface area contributed by atoms with E-state index in [9.17, 15) is 32.3 Å². The number of alkyl halides is 4. The molecule has 236 valence electrons. The minimum Gasteiger partial charge on any atom is -0.478 e. The van der Waals surface area contributed by atoms with Gasteiger partial charge in [0, 0.05) is 23.1 Å². The van der Waals surface area contributed by atoms with E-state index in [1.165, 1.54) is 24.4 Å². The van der Waals surface area contributed by atoms with Gasteiger partial charge in [0.05, 0.1) is 29.0 Å². The fraction of sp³-hybridized carbons (Fsp3) is 0.258. The third kappa shape index (κ3) is 5.04. The summed E-state index contributed by atoms with van der Waals surface area (Å²) in [6.07, 6.45) is -1.93. The first-order valence-corrected chi connectivity index (χ1v) is 14.1. The van der Waals surface area contributed by atoms with Gasteiger partial charge in [-0.3, -0.25) is 14.6 Å². The molecule has 9 nitrogen and oxygen atoms in total. The Labute approximate surface area is 255 Å². The zero-order valence-electron chi connectivity index (χ0n) is 23.4. The second-order valence-electron chi connectivity index (χ2n) is 11.4. The molecule has 46 heavy (non-hydrogen) atoms. The van der Waals surface area contributed by atoms with Crippen LogP contribution in [0.3, 0.4) is 0 Å². The van der Waals surface area contributed by atoms with Crippen molar-refractivity contribution in [1.29, 1.82) is 0 Å². The van der Waals surface area contributed by atoms with Crippen molar-refractivity contribution in [3.8, 4) is 11.1 Å². The van der Waals surface area contributed by atoms with Crippen molar-refractivity contribution in [1.82, 2.24) is 30.3 Å². The van der Waals surface area contributed by atoms with Gasteiger partial charge in [-0.2, -0.15) is 19.0 Å². The van der Waals surface area contributed by atoms with Crippen LogP contribution in [0.15, 0.2) is 54.7 Å². The Morgan fingerprint density at radius 2 is 1.85 bits per heavy atom. The Morgan fingerprint density at radius 1 is 1.09 bits per heavy atom. The van der Waals surface area contributed by atoms with Crippen LogP contribution < -0.4 is 5.32 Å². The van der Waals surface area contributed by atoms with Crippen molar-refractivity contribution in [2.75, 3.05) is 0 Å². The quantitative estimate of drug-likeness (QED) is 0.169. The summed E-state index contributed by atoms with van der Waals surface area (Å²) in [6, 6.07) is 9.04. The molecule has 3 heterocycles. The number of aromatic carboxylic acids is 1. The van der Waals surface area contributed by atoms with E-state index in [0.717, 1.165) is 12.1 Å². The lowest BCUT2D eigenvalue weighted by atomic mass is 9.94. The molecule has 1 fully saturated rings. The number of carboxylic acid groups (broad SMARTS) is 1. The van der Waals surface area contributed by atoms with Gasteiger partial charge in [0.25, 0.3) is 12.3 Å². The van der Waals surface area contributed by atoms with Gasteiger partial charge >= 0.3 is 5.97 Å². The largest absolute Gasteiger partial charge is 0.478 e. The number of nitrogens with one attached hydrogen (secondary N) is 2. The highest BCUT2D eigenvalue weighted by atomic mass is 19.3. The standard InChI is InChI=1S/C31H22F6N6O3/c32-16-4-13(5-17(33)8-16)6-22(26-18(10-21-23(40-26)11-38-41-21)14-2-1-3-15(7-14)30(45)46)39-24(44)12-43-28-25(27(42-43)29(34)35)19-9-20(19)31(28,36)37/h1-5,7-8,10-11,19-20,22,29H,6,9,12H2,(H,38,41)(H,39,44)(H,45,46)/t19?,20?,22-/m0/s1. The number of rotatable bonds is 9. The number of carboxylic acids is 1. The number of pyridine rings is 1. The van der Waals surface area contributed by atoms with Crippen LogP contribution in [0, 0.1) is 17.6 Å². The third-order valence-corrected chi connectivity index (χ3v) is 8.36. The maximum absolute atomic E-state index is 15.1. The zero-order valence-corrected chi connectivity index (χ0v) is 23.4. The molecule has 0 bridgehead atoms. The molecule has 0 aliphatic heterocycles. The average molecular weight is 641 g/mol. The van der Waals surface area contributed by atoms with Crippen molar-refractivity contribution >= 4 is 22.9 Å². The van der Waals surface area contributed by atoms with E-state index in [0.29, 0.717) is 32.9 Å². The second-order valence-corrected chi connectivity index (χ2v) is 11.4. The minimum absolute atomic E-state index is 0.0534. The number of carbonyl (C=O) groups is 2. The summed E-state index contributed by atoms with van der Waals surface area (Å²) in [4.78, 5) is 29.9. The molecule has 2 aromatic carbocycles. The number of nitrogens with zero attached hydrogens (tertiary/aromatic N) is 4. The van der Waals surface area contributed by atoms with Crippen molar-refractivity contribution in [2.24, 2.45) is 5.92 Å². The van der Waals surface area contributed by atoms with Crippen LogP contribution in [-0.2, 0) is 23.7 Å². The Bertz CT molecular complexity index is 2020. The summed E-state index contributed by atoms with van der Waals surface area (Å²) in [5, 5.41) is 22.7. The van der Waals surface area contributed by atoms with Crippen LogP contribution in [0.2, 0.25) is 0 Å². The molecular weight excluding hydrogens is 618 g/mol. The molecule has 0 saturated heterocycles. The van der Waals surface area contributed by atoms with Gasteiger partial charge in [0.15, 0.2) is 0 Å². The zero-order chi connectivity index (χ0) is 32.5. The van der Waals surface area contributed by atoms with Gasteiger partial charge in [0.1, 0.15) is 35.1 Å². The number of halogens is 6. The predicted molar refractivity (Wildman–Crippen MR) is 149 cm³/mol. The molecular formula is C31H22F6N6O3. The van der Waals surface area contributed by atoms with Crippen molar-refractivity contribution in [3.63, 3.8) is 0 Å². The maximum atomic E-state index is 15.1. The van der Waals surface area contributed by atoms with Crippen LogP contribution >= 0.6 is 0 Å². The predicted octanol–water partition coefficient (Wildman–Crippen LogP) is 6.04. The first-order valence-electron chi connectivity index (χ1n) is 14.1. The summed E-state index contributed by atoms with van der Waals surface area (Å²) < 4.78 is 86.9. The highest BCUT2D eigenvalue weighted by Gasteiger charge is 2.67. The Morgan fingerprint density at radius 3 is 2.57 bits per heavy atom. The number of benzene rings is 2. The number of aromatic nitrogens is 5. The molecule has 2 aliphatic carbocycles. The van der Waals surface area contributed by atoms with E-state index in [2.05, 4.69) is 25.6 Å². The summed E-state index contributed by atoms with van der Waals surface area (Å²) in [6.45, 7) is -0.851. The minimum atomic E-state index is -3.45. The summed E-state index contributed by atoms with van der Waals surface area (Å²) in [7, 11) is 0. The fourth-order valence-corrected chi connectivity index (χ4v) is 6.34. The van der Waals surface area contributed by atoms with Gasteiger partial charge in [-0.1, -0.05) is 12.1 Å². The first kappa shape index (κ1) is 29.5. The molecule has 0 radical (unpaired) electrons. The van der Waals surface area contributed by atoms with E-state index < -0.39 is 71.7 Å². The monoisotopic (exact) mass is 640 g/mol. The number of fused-ring (bicyclic) bond motifs is 4. The molecule has 3 aromatic heterocycles. The van der Waals surface area contributed by atoms with Gasteiger partial charge in [0.2, 0.25) is 5.91 Å². The van der Waals surface area contributed by atoms with Crippen molar-refractivity contribution in [2.45, 2.75) is 43.7 Å². The van der Waals surface area contributed by atoms with E-state index in [-0.39, 0.29) is 35.2 Å². The maximum Gasteiger partial charge on any atom is 0.335 e. The van der Waals surface area contributed by atoms with Crippen LogP contribution in [0.1, 0.15) is 63.4 Å². The molecule has 5 aromatic rings. The van der Waals surface area contributed by atoms with E-state index >= 15 is 8.78 Å². The lowest BCUT2D eigenvalue weighted by Crippen LogP contribution is -2.35. The number of H-pyrrole nitrogens is 1. The second kappa shape index (κ2) is 10.7. The summed E-state index contributed by atoms with van der Waals surface area (Å²) in [5.41, 5.74) is -0.0493. The van der Waals surface area contributed by atoms with Crippen LogP contribution in [0.5, 0.6) is 0 Å². The normalized spacial score (nSPS) is 18.4. The average Bonchev–Trinajstić information content (AvgIpc) is 3.40. The number of carbonyl (C=O) groups excluding carboxylic acids is 1. The highest BCUT2D eigenvalue weighted by Crippen LogP contribution is 2.68. The molecule has 1 amide bonds. The van der Waals surface area contributed by atoms with E-state index in [1.807, 2.05) is 0 Å².